The number of hydrogen-bond donors (Lipinski definition) is 0. The summed E-state index contributed by atoms with van der Waals surface area (Å²) in [5, 5.41) is 2.43. The fourth-order valence-corrected chi connectivity index (χ4v) is 11.7. The first-order valence-corrected chi connectivity index (χ1v) is 26.2. The Morgan fingerprint density at radius 3 is 1.30 bits per heavy atom. The minimum Gasteiger partial charge on any atom is -0.310 e. The molecule has 0 saturated heterocycles. The van der Waals surface area contributed by atoms with Gasteiger partial charge in [-0.05, 0) is 158 Å². The van der Waals surface area contributed by atoms with Gasteiger partial charge < -0.3 is 14.4 Å². The van der Waals surface area contributed by atoms with Crippen LogP contribution in [0.4, 0.5) is 34.1 Å². The van der Waals surface area contributed by atoms with Crippen molar-refractivity contribution in [2.45, 2.75) is 5.92 Å². The summed E-state index contributed by atoms with van der Waals surface area (Å²) in [6, 6.07) is 111. The van der Waals surface area contributed by atoms with Gasteiger partial charge in [0.2, 0.25) is 0 Å². The highest BCUT2D eigenvalue weighted by Gasteiger charge is 2.31. The molecule has 0 bridgehead atoms. The van der Waals surface area contributed by atoms with E-state index < -0.39 is 0 Å². The van der Waals surface area contributed by atoms with E-state index in [4.69, 9.17) is 0 Å². The highest BCUT2D eigenvalue weighted by Crippen LogP contribution is 2.51. The first-order chi connectivity index (χ1) is 37.7. The van der Waals surface area contributed by atoms with Gasteiger partial charge in [-0.2, -0.15) is 0 Å². The monoisotopic (exact) mass is 969 g/mol. The van der Waals surface area contributed by atoms with Crippen molar-refractivity contribution in [1.29, 1.82) is 0 Å². The fraction of sp³-hybridized carbons (Fsp3) is 0.0137. The summed E-state index contributed by atoms with van der Waals surface area (Å²) in [6.45, 7) is 0. The normalized spacial score (nSPS) is 12.6. The molecule has 358 valence electrons. The highest BCUT2D eigenvalue weighted by molar-refractivity contribution is 6.10. The zero-order valence-electron chi connectivity index (χ0n) is 41.8. The van der Waals surface area contributed by atoms with Gasteiger partial charge in [-0.25, -0.2) is 0 Å². The maximum Gasteiger partial charge on any atom is 0.0542 e. The van der Waals surface area contributed by atoms with Crippen molar-refractivity contribution in [3.05, 3.63) is 320 Å². The molecular formula is C73H51N3. The minimum atomic E-state index is 0.185. The van der Waals surface area contributed by atoms with Gasteiger partial charge >= 0.3 is 0 Å². The van der Waals surface area contributed by atoms with E-state index in [1.54, 1.807) is 0 Å². The number of para-hydroxylation sites is 2. The third kappa shape index (κ3) is 8.03. The molecule has 1 aromatic heterocycles. The molecule has 0 N–H and O–H groups in total. The van der Waals surface area contributed by atoms with Crippen molar-refractivity contribution in [2.75, 3.05) is 9.80 Å². The molecule has 1 atom stereocenters. The lowest BCUT2D eigenvalue weighted by Gasteiger charge is -2.27. The SMILES string of the molecule is c1ccc(-c2cccc(N(c3ccc(-c4ccc(N(c5cccc(-c6ccccc6)c5)c5ccc6c(c5)c5ccccc5n6-c5ccccc5)cc4)cc3)c3ccc4c(c3)-c3ccccc3C4c3ccccc3)c2)cc1. The largest absolute Gasteiger partial charge is 0.310 e. The van der Waals surface area contributed by atoms with Crippen molar-refractivity contribution in [3.8, 4) is 50.2 Å². The van der Waals surface area contributed by atoms with Crippen LogP contribution in [0.5, 0.6) is 0 Å². The summed E-state index contributed by atoms with van der Waals surface area (Å²) in [7, 11) is 0. The van der Waals surface area contributed by atoms with Gasteiger partial charge in [-0.3, -0.25) is 0 Å². The molecule has 13 aromatic rings. The van der Waals surface area contributed by atoms with Crippen molar-refractivity contribution in [1.82, 2.24) is 4.57 Å². The van der Waals surface area contributed by atoms with Crippen molar-refractivity contribution < 1.29 is 0 Å². The Labute approximate surface area is 444 Å². The molecule has 1 aliphatic carbocycles. The summed E-state index contributed by atoms with van der Waals surface area (Å²) in [5.41, 5.74) is 23.7. The summed E-state index contributed by atoms with van der Waals surface area (Å²) in [4.78, 5) is 4.81. The summed E-state index contributed by atoms with van der Waals surface area (Å²) >= 11 is 0. The lowest BCUT2D eigenvalue weighted by atomic mass is 9.89. The Kier molecular flexibility index (Phi) is 11.3. The molecule has 0 aliphatic heterocycles. The number of anilines is 6. The molecule has 0 saturated carbocycles. The fourth-order valence-electron chi connectivity index (χ4n) is 11.7. The van der Waals surface area contributed by atoms with Crippen LogP contribution in [0, 0.1) is 0 Å². The molecule has 3 heteroatoms. The van der Waals surface area contributed by atoms with Crippen LogP contribution in [-0.2, 0) is 0 Å². The first-order valence-electron chi connectivity index (χ1n) is 26.2. The van der Waals surface area contributed by atoms with E-state index in [0.717, 1.165) is 50.9 Å². The first kappa shape index (κ1) is 44.7. The van der Waals surface area contributed by atoms with Crippen LogP contribution in [0.3, 0.4) is 0 Å². The molecule has 1 aliphatic rings. The Bertz CT molecular complexity index is 4200. The molecule has 0 amide bonds. The Balaban J connectivity index is 0.849. The van der Waals surface area contributed by atoms with Crippen LogP contribution in [0.1, 0.15) is 22.6 Å². The van der Waals surface area contributed by atoms with Gasteiger partial charge in [0.1, 0.15) is 0 Å². The summed E-state index contributed by atoms with van der Waals surface area (Å²) in [5.74, 6) is 0.185. The van der Waals surface area contributed by atoms with Crippen LogP contribution in [-0.4, -0.2) is 4.57 Å². The highest BCUT2D eigenvalue weighted by atomic mass is 15.1. The van der Waals surface area contributed by atoms with Gasteiger partial charge in [0, 0.05) is 56.5 Å². The predicted octanol–water partition coefficient (Wildman–Crippen LogP) is 19.9. The Hall–Kier alpha value is -9.96. The topological polar surface area (TPSA) is 11.4 Å². The molecule has 0 spiro atoms. The van der Waals surface area contributed by atoms with E-state index in [2.05, 4.69) is 318 Å². The standard InChI is InChI=1S/C73H51N3/c1-5-19-51(20-6-1)56-25-17-29-61(47-56)74(63-43-45-68-69(49-63)65-31-13-14-33-67(65)73(68)55-23-9-3-10-24-55)59-39-35-53(36-40-59)54-37-41-60(42-38-54)75(62-30-18-26-57(48-62)52-21-7-2-8-22-52)64-44-46-72-70(50-64)66-32-15-16-34-71(66)76(72)58-27-11-4-12-28-58/h1-50,73H. The third-order valence-electron chi connectivity index (χ3n) is 15.2. The molecule has 12 aromatic carbocycles. The van der Waals surface area contributed by atoms with Crippen LogP contribution >= 0.6 is 0 Å². The second-order valence-electron chi connectivity index (χ2n) is 19.7. The Morgan fingerprint density at radius 2 is 0.684 bits per heavy atom. The molecule has 1 unspecified atom stereocenters. The van der Waals surface area contributed by atoms with E-state index in [1.807, 2.05) is 0 Å². The van der Waals surface area contributed by atoms with Gasteiger partial charge in [0.25, 0.3) is 0 Å². The van der Waals surface area contributed by atoms with E-state index in [0.29, 0.717) is 0 Å². The number of aromatic nitrogens is 1. The number of fused-ring (bicyclic) bond motifs is 6. The molecule has 76 heavy (non-hydrogen) atoms. The number of rotatable bonds is 11. The molecule has 1 heterocycles. The average molecular weight is 970 g/mol. The van der Waals surface area contributed by atoms with Crippen molar-refractivity contribution >= 4 is 55.9 Å². The van der Waals surface area contributed by atoms with Crippen LogP contribution < -0.4 is 9.80 Å². The van der Waals surface area contributed by atoms with Crippen LogP contribution in [0.25, 0.3) is 72.0 Å². The molecular weight excluding hydrogens is 919 g/mol. The van der Waals surface area contributed by atoms with Gasteiger partial charge in [0.05, 0.1) is 11.0 Å². The van der Waals surface area contributed by atoms with Crippen molar-refractivity contribution in [2.24, 2.45) is 0 Å². The number of hydrogen-bond acceptors (Lipinski definition) is 2. The quantitative estimate of drug-likeness (QED) is 0.128. The molecule has 14 rings (SSSR count). The van der Waals surface area contributed by atoms with Crippen LogP contribution in [0.15, 0.2) is 303 Å². The van der Waals surface area contributed by atoms with Crippen LogP contribution in [0.2, 0.25) is 0 Å². The average Bonchev–Trinajstić information content (AvgIpc) is 4.08. The van der Waals surface area contributed by atoms with Crippen molar-refractivity contribution in [3.63, 3.8) is 0 Å². The third-order valence-corrected chi connectivity index (χ3v) is 15.2. The van der Waals surface area contributed by atoms with E-state index in [1.165, 1.54) is 71.9 Å². The lowest BCUT2D eigenvalue weighted by molar-refractivity contribution is 1.01. The predicted molar refractivity (Wildman–Crippen MR) is 319 cm³/mol. The number of benzene rings is 12. The van der Waals surface area contributed by atoms with Gasteiger partial charge in [-0.1, -0.05) is 206 Å². The second kappa shape index (κ2) is 19.1. The maximum atomic E-state index is 2.41. The summed E-state index contributed by atoms with van der Waals surface area (Å²) in [6.07, 6.45) is 0. The lowest BCUT2D eigenvalue weighted by Crippen LogP contribution is -2.10. The molecule has 0 fully saturated rings. The zero-order valence-corrected chi connectivity index (χ0v) is 41.8. The van der Waals surface area contributed by atoms with Gasteiger partial charge in [-0.15, -0.1) is 0 Å². The van der Waals surface area contributed by atoms with E-state index in [9.17, 15) is 0 Å². The molecule has 3 nitrogen and oxygen atoms in total. The minimum absolute atomic E-state index is 0.185. The van der Waals surface area contributed by atoms with E-state index >= 15 is 0 Å². The van der Waals surface area contributed by atoms with E-state index in [-0.39, 0.29) is 5.92 Å². The summed E-state index contributed by atoms with van der Waals surface area (Å²) < 4.78 is 2.38. The Morgan fingerprint density at radius 1 is 0.250 bits per heavy atom. The second-order valence-corrected chi connectivity index (χ2v) is 19.7. The zero-order chi connectivity index (χ0) is 50.4. The smallest absolute Gasteiger partial charge is 0.0542 e. The number of nitrogens with zero attached hydrogens (tertiary/aromatic N) is 3. The maximum absolute atomic E-state index is 2.41. The van der Waals surface area contributed by atoms with Gasteiger partial charge in [0.15, 0.2) is 0 Å². The molecule has 0 radical (unpaired) electrons.